The zero-order chi connectivity index (χ0) is 22.9. The lowest BCUT2D eigenvalue weighted by Gasteiger charge is -2.19. The van der Waals surface area contributed by atoms with Gasteiger partial charge in [-0.2, -0.15) is 0 Å². The molecule has 6 nitrogen and oxygen atoms in total. The smallest absolute Gasteiger partial charge is 0.283 e. The van der Waals surface area contributed by atoms with Gasteiger partial charge in [-0.15, -0.1) is 11.3 Å². The zero-order valence-electron chi connectivity index (χ0n) is 18.5. The fraction of sp³-hybridized carbons (Fsp3) is 0.160. The monoisotopic (exact) mass is 474 g/mol. The highest BCUT2D eigenvalue weighted by molar-refractivity contribution is 8.13. The highest BCUT2D eigenvalue weighted by atomic mass is 32.2. The molecule has 0 atom stereocenters. The van der Waals surface area contributed by atoms with E-state index >= 15 is 0 Å². The molecule has 5 rings (SSSR count). The third kappa shape index (κ3) is 4.44. The summed E-state index contributed by atoms with van der Waals surface area (Å²) in [6, 6.07) is 13.7. The summed E-state index contributed by atoms with van der Waals surface area (Å²) in [5.41, 5.74) is 5.28. The van der Waals surface area contributed by atoms with Crippen LogP contribution in [0.4, 0.5) is 5.69 Å². The Morgan fingerprint density at radius 2 is 1.88 bits per heavy atom. The Labute approximate surface area is 200 Å². The van der Waals surface area contributed by atoms with Gasteiger partial charge in [0.25, 0.3) is 5.91 Å². The van der Waals surface area contributed by atoms with E-state index in [0.29, 0.717) is 16.6 Å². The van der Waals surface area contributed by atoms with Crippen molar-refractivity contribution >= 4 is 50.9 Å². The van der Waals surface area contributed by atoms with E-state index in [2.05, 4.69) is 11.1 Å². The molecule has 166 valence electrons. The first-order chi connectivity index (χ1) is 16.0. The van der Waals surface area contributed by atoms with Gasteiger partial charge in [-0.05, 0) is 60.9 Å². The molecule has 0 aliphatic carbocycles. The third-order valence-electron chi connectivity index (χ3n) is 5.21. The molecule has 2 aromatic heterocycles. The largest absolute Gasteiger partial charge is 0.497 e. The van der Waals surface area contributed by atoms with E-state index in [1.807, 2.05) is 78.5 Å². The number of benzene rings is 2. The number of thioether (sulfide) groups is 1. The van der Waals surface area contributed by atoms with E-state index in [9.17, 15) is 4.79 Å². The van der Waals surface area contributed by atoms with Crippen LogP contribution in [0.15, 0.2) is 70.9 Å². The van der Waals surface area contributed by atoms with Crippen molar-refractivity contribution < 1.29 is 9.53 Å². The number of thiazole rings is 1. The summed E-state index contributed by atoms with van der Waals surface area (Å²) in [5.74, 6) is 1.26. The lowest BCUT2D eigenvalue weighted by atomic mass is 10.1. The topological polar surface area (TPSA) is 59.2 Å². The molecule has 0 bridgehead atoms. The first kappa shape index (κ1) is 21.5. The molecule has 0 spiro atoms. The van der Waals surface area contributed by atoms with Gasteiger partial charge < -0.3 is 4.74 Å². The predicted octanol–water partition coefficient (Wildman–Crippen LogP) is 5.70. The number of nitrogens with zero attached hydrogens (tertiary/aromatic N) is 4. The highest BCUT2D eigenvalue weighted by Gasteiger charge is 2.32. The number of fused-ring (bicyclic) bond motifs is 1. The maximum atomic E-state index is 13.5. The number of amides is 1. The molecular formula is C25H22N4O2S2. The Kier molecular flexibility index (Phi) is 5.78. The van der Waals surface area contributed by atoms with Gasteiger partial charge in [0.15, 0.2) is 10.1 Å². The number of rotatable bonds is 5. The number of hydrogen-bond donors (Lipinski definition) is 0. The highest BCUT2D eigenvalue weighted by Crippen LogP contribution is 2.32. The van der Waals surface area contributed by atoms with E-state index in [1.165, 1.54) is 11.8 Å². The van der Waals surface area contributed by atoms with Crippen LogP contribution in [-0.4, -0.2) is 27.6 Å². The van der Waals surface area contributed by atoms with E-state index < -0.39 is 0 Å². The minimum atomic E-state index is -0.135. The number of anilines is 1. The van der Waals surface area contributed by atoms with E-state index in [4.69, 9.17) is 9.73 Å². The first-order valence-electron chi connectivity index (χ1n) is 10.4. The zero-order valence-corrected chi connectivity index (χ0v) is 20.1. The van der Waals surface area contributed by atoms with Crippen LogP contribution in [0, 0.1) is 13.8 Å². The Morgan fingerprint density at radius 3 is 2.58 bits per heavy atom. The number of carbonyl (C=O) groups excluding carboxylic acids is 1. The molecule has 33 heavy (non-hydrogen) atoms. The Morgan fingerprint density at radius 1 is 1.12 bits per heavy atom. The molecule has 3 heterocycles. The number of hydrogen-bond acceptors (Lipinski definition) is 6. The van der Waals surface area contributed by atoms with E-state index in [1.54, 1.807) is 23.3 Å². The van der Waals surface area contributed by atoms with Gasteiger partial charge in [-0.3, -0.25) is 14.1 Å². The molecule has 0 radical (unpaired) electrons. The summed E-state index contributed by atoms with van der Waals surface area (Å²) < 4.78 is 7.24. The number of aryl methyl sites for hydroxylation is 2. The standard InChI is InChI=1S/C25H22N4O2S2/c1-16-10-17(2)12-20(11-16)29-23(30)22(13-18-4-6-21(31-3)7-5-18)27-25(29)33-15-19-14-28-8-9-32-24(28)26-19/h4-14H,15H2,1-3H3/b22-13+. The fourth-order valence-electron chi connectivity index (χ4n) is 3.74. The number of ether oxygens (including phenoxy) is 1. The molecule has 1 amide bonds. The first-order valence-corrected chi connectivity index (χ1v) is 12.3. The molecule has 0 saturated heterocycles. The van der Waals surface area contributed by atoms with Crippen molar-refractivity contribution in [3.63, 3.8) is 0 Å². The number of imidazole rings is 1. The van der Waals surface area contributed by atoms with Crippen LogP contribution in [0.3, 0.4) is 0 Å². The van der Waals surface area contributed by atoms with Gasteiger partial charge in [0, 0.05) is 23.5 Å². The summed E-state index contributed by atoms with van der Waals surface area (Å²) in [4.78, 5) is 25.5. The van der Waals surface area contributed by atoms with Crippen molar-refractivity contribution in [2.75, 3.05) is 12.0 Å². The number of aliphatic imine (C=N–C) groups is 1. The van der Waals surface area contributed by atoms with Gasteiger partial charge in [-0.1, -0.05) is 30.0 Å². The van der Waals surface area contributed by atoms with Crippen LogP contribution in [0.25, 0.3) is 11.0 Å². The van der Waals surface area contributed by atoms with Crippen molar-refractivity contribution in [2.24, 2.45) is 4.99 Å². The maximum absolute atomic E-state index is 13.5. The van der Waals surface area contributed by atoms with Crippen LogP contribution < -0.4 is 9.64 Å². The van der Waals surface area contributed by atoms with Crippen molar-refractivity contribution in [3.05, 3.63) is 88.3 Å². The van der Waals surface area contributed by atoms with Gasteiger partial charge in [0.05, 0.1) is 18.5 Å². The molecule has 4 aromatic rings. The second kappa shape index (κ2) is 8.88. The van der Waals surface area contributed by atoms with Crippen molar-refractivity contribution in [2.45, 2.75) is 19.6 Å². The molecule has 1 aliphatic rings. The van der Waals surface area contributed by atoms with Crippen molar-refractivity contribution in [3.8, 4) is 5.75 Å². The van der Waals surface area contributed by atoms with Crippen LogP contribution >= 0.6 is 23.1 Å². The Hall–Kier alpha value is -3.36. The molecule has 0 N–H and O–H groups in total. The van der Waals surface area contributed by atoms with Crippen molar-refractivity contribution in [1.82, 2.24) is 9.38 Å². The Bertz CT molecular complexity index is 1350. The molecule has 0 fully saturated rings. The fourth-order valence-corrected chi connectivity index (χ4v) is 5.36. The Balaban J connectivity index is 1.48. The molecule has 1 aliphatic heterocycles. The van der Waals surface area contributed by atoms with Gasteiger partial charge in [-0.25, -0.2) is 9.98 Å². The summed E-state index contributed by atoms with van der Waals surface area (Å²) >= 11 is 3.12. The summed E-state index contributed by atoms with van der Waals surface area (Å²) in [5, 5.41) is 2.66. The summed E-state index contributed by atoms with van der Waals surface area (Å²) in [7, 11) is 1.63. The molecular weight excluding hydrogens is 452 g/mol. The van der Waals surface area contributed by atoms with Crippen molar-refractivity contribution in [1.29, 1.82) is 0 Å². The quantitative estimate of drug-likeness (QED) is 0.348. The average Bonchev–Trinajstić information content (AvgIpc) is 3.46. The molecule has 8 heteroatoms. The normalized spacial score (nSPS) is 15.0. The number of carbonyl (C=O) groups is 1. The second-order valence-electron chi connectivity index (χ2n) is 7.80. The van der Waals surface area contributed by atoms with Crippen LogP contribution in [0.1, 0.15) is 22.4 Å². The lowest BCUT2D eigenvalue weighted by molar-refractivity contribution is -0.113. The maximum Gasteiger partial charge on any atom is 0.283 e. The van der Waals surface area contributed by atoms with Crippen LogP contribution in [0.5, 0.6) is 5.75 Å². The molecule has 0 unspecified atom stereocenters. The minimum absolute atomic E-state index is 0.135. The van der Waals surface area contributed by atoms with Gasteiger partial charge in [0.2, 0.25) is 0 Å². The summed E-state index contributed by atoms with van der Waals surface area (Å²) in [6.45, 7) is 4.07. The lowest BCUT2D eigenvalue weighted by Crippen LogP contribution is -2.30. The number of methoxy groups -OCH3 is 1. The van der Waals surface area contributed by atoms with Gasteiger partial charge >= 0.3 is 0 Å². The van der Waals surface area contributed by atoms with Gasteiger partial charge in [0.1, 0.15) is 11.4 Å². The average molecular weight is 475 g/mol. The molecule has 0 saturated carbocycles. The van der Waals surface area contributed by atoms with Crippen LogP contribution in [0.2, 0.25) is 0 Å². The molecule has 2 aromatic carbocycles. The van der Waals surface area contributed by atoms with E-state index in [0.717, 1.165) is 38.8 Å². The SMILES string of the molecule is COc1ccc(/C=C2/N=C(SCc3cn4ccsc4n3)N(c3cc(C)cc(C)c3)C2=O)cc1. The second-order valence-corrected chi connectivity index (χ2v) is 9.61. The minimum Gasteiger partial charge on any atom is -0.497 e. The number of amidine groups is 1. The summed E-state index contributed by atoms with van der Waals surface area (Å²) in [6.07, 6.45) is 5.83. The third-order valence-corrected chi connectivity index (χ3v) is 6.95. The van der Waals surface area contributed by atoms with E-state index in [-0.39, 0.29) is 5.91 Å². The van der Waals surface area contributed by atoms with Crippen LogP contribution in [-0.2, 0) is 10.5 Å². The number of aromatic nitrogens is 2. The predicted molar refractivity (Wildman–Crippen MR) is 136 cm³/mol.